The van der Waals surface area contributed by atoms with Crippen molar-refractivity contribution in [1.29, 1.82) is 0 Å². The Balaban J connectivity index is 1.62. The lowest BCUT2D eigenvalue weighted by molar-refractivity contribution is -0.140. The molecule has 0 bridgehead atoms. The standard InChI is InChI=1S/C23H26ClNO4/c1-16-8-7-9-17(2)25(16)22(26)15-29-23(27)19-11-4-6-13-21(19)28-14-18-10-3-5-12-20(18)24/h3-6,10-13,16-17H,7-9,14-15H2,1-2H3/t16-,17+. The normalized spacial score (nSPS) is 18.9. The Bertz CT molecular complexity index is 859. The molecule has 2 aromatic carbocycles. The fraction of sp³-hybridized carbons (Fsp3) is 0.391. The fourth-order valence-corrected chi connectivity index (χ4v) is 3.91. The van der Waals surface area contributed by atoms with Crippen molar-refractivity contribution in [3.8, 4) is 5.75 Å². The molecule has 5 nitrogen and oxygen atoms in total. The molecule has 1 fully saturated rings. The lowest BCUT2D eigenvalue weighted by atomic mass is 9.97. The van der Waals surface area contributed by atoms with Gasteiger partial charge in [-0.25, -0.2) is 4.79 Å². The summed E-state index contributed by atoms with van der Waals surface area (Å²) in [5.41, 5.74) is 1.10. The molecule has 1 saturated heterocycles. The number of amides is 1. The molecule has 0 N–H and O–H groups in total. The summed E-state index contributed by atoms with van der Waals surface area (Å²) in [6, 6.07) is 14.5. The third kappa shape index (κ3) is 5.30. The van der Waals surface area contributed by atoms with Crippen LogP contribution in [-0.4, -0.2) is 35.5 Å². The van der Waals surface area contributed by atoms with E-state index in [-0.39, 0.29) is 36.8 Å². The summed E-state index contributed by atoms with van der Waals surface area (Å²) < 4.78 is 11.1. The molecular formula is C23H26ClNO4. The summed E-state index contributed by atoms with van der Waals surface area (Å²) in [7, 11) is 0. The predicted molar refractivity (Wildman–Crippen MR) is 112 cm³/mol. The highest BCUT2D eigenvalue weighted by molar-refractivity contribution is 6.31. The lowest BCUT2D eigenvalue weighted by Gasteiger charge is -2.38. The quantitative estimate of drug-likeness (QED) is 0.632. The van der Waals surface area contributed by atoms with E-state index in [1.54, 1.807) is 30.3 Å². The van der Waals surface area contributed by atoms with Crippen molar-refractivity contribution in [2.45, 2.75) is 51.8 Å². The van der Waals surface area contributed by atoms with Crippen LogP contribution in [0.15, 0.2) is 48.5 Å². The van der Waals surface area contributed by atoms with Crippen LogP contribution in [0.2, 0.25) is 5.02 Å². The van der Waals surface area contributed by atoms with Gasteiger partial charge in [-0.15, -0.1) is 0 Å². The van der Waals surface area contributed by atoms with Crippen molar-refractivity contribution in [3.63, 3.8) is 0 Å². The Kier molecular flexibility index (Phi) is 7.15. The number of hydrogen-bond acceptors (Lipinski definition) is 4. The number of carbonyl (C=O) groups excluding carboxylic acids is 2. The molecule has 0 radical (unpaired) electrons. The van der Waals surface area contributed by atoms with Gasteiger partial charge in [-0.2, -0.15) is 0 Å². The second-order valence-electron chi connectivity index (χ2n) is 7.38. The van der Waals surface area contributed by atoms with Crippen LogP contribution in [0.1, 0.15) is 49.0 Å². The van der Waals surface area contributed by atoms with E-state index in [9.17, 15) is 9.59 Å². The molecule has 2 aromatic rings. The predicted octanol–water partition coefficient (Wildman–Crippen LogP) is 4.87. The highest BCUT2D eigenvalue weighted by atomic mass is 35.5. The molecule has 1 aliphatic rings. The van der Waals surface area contributed by atoms with E-state index in [1.807, 2.05) is 36.9 Å². The Morgan fingerprint density at radius 3 is 2.41 bits per heavy atom. The van der Waals surface area contributed by atoms with Gasteiger partial charge in [0.25, 0.3) is 5.91 Å². The zero-order valence-electron chi connectivity index (χ0n) is 16.8. The van der Waals surface area contributed by atoms with Crippen LogP contribution in [0.4, 0.5) is 0 Å². The summed E-state index contributed by atoms with van der Waals surface area (Å²) in [6.07, 6.45) is 3.06. The molecule has 0 aliphatic carbocycles. The number of benzene rings is 2. The van der Waals surface area contributed by atoms with Crippen molar-refractivity contribution >= 4 is 23.5 Å². The minimum Gasteiger partial charge on any atom is -0.488 e. The van der Waals surface area contributed by atoms with Gasteiger partial charge in [0.05, 0.1) is 0 Å². The molecule has 0 saturated carbocycles. The first-order valence-corrected chi connectivity index (χ1v) is 10.3. The Morgan fingerprint density at radius 1 is 1.03 bits per heavy atom. The van der Waals surface area contributed by atoms with Gasteiger partial charge < -0.3 is 14.4 Å². The van der Waals surface area contributed by atoms with E-state index in [0.29, 0.717) is 10.8 Å². The van der Waals surface area contributed by atoms with E-state index in [2.05, 4.69) is 0 Å². The topological polar surface area (TPSA) is 55.8 Å². The van der Waals surface area contributed by atoms with Crippen molar-refractivity contribution in [1.82, 2.24) is 4.90 Å². The third-order valence-corrected chi connectivity index (χ3v) is 5.62. The maximum absolute atomic E-state index is 12.6. The molecule has 1 aliphatic heterocycles. The number of piperidine rings is 1. The van der Waals surface area contributed by atoms with Crippen molar-refractivity contribution in [2.75, 3.05) is 6.61 Å². The average Bonchev–Trinajstić information content (AvgIpc) is 2.71. The second kappa shape index (κ2) is 9.79. The Labute approximate surface area is 176 Å². The zero-order valence-corrected chi connectivity index (χ0v) is 17.5. The maximum atomic E-state index is 12.6. The van der Waals surface area contributed by atoms with Crippen molar-refractivity contribution < 1.29 is 19.1 Å². The number of rotatable bonds is 6. The SMILES string of the molecule is C[C@@H]1CCC[C@H](C)N1C(=O)COC(=O)c1ccccc1OCc1ccccc1Cl. The van der Waals surface area contributed by atoms with Gasteiger partial charge in [0.2, 0.25) is 0 Å². The molecule has 0 aromatic heterocycles. The number of para-hydroxylation sites is 1. The Morgan fingerprint density at radius 2 is 1.69 bits per heavy atom. The van der Waals surface area contributed by atoms with Crippen LogP contribution in [-0.2, 0) is 16.1 Å². The van der Waals surface area contributed by atoms with Crippen molar-refractivity contribution in [2.24, 2.45) is 0 Å². The third-order valence-electron chi connectivity index (χ3n) is 5.26. The molecule has 1 amide bonds. The first-order valence-electron chi connectivity index (χ1n) is 9.91. The molecule has 2 atom stereocenters. The van der Waals surface area contributed by atoms with Gasteiger partial charge in [-0.05, 0) is 51.3 Å². The number of carbonyl (C=O) groups is 2. The monoisotopic (exact) mass is 415 g/mol. The summed E-state index contributed by atoms with van der Waals surface area (Å²) in [5, 5.41) is 0.600. The van der Waals surface area contributed by atoms with E-state index in [1.165, 1.54) is 0 Å². The van der Waals surface area contributed by atoms with Gasteiger partial charge in [0, 0.05) is 22.7 Å². The number of hydrogen-bond donors (Lipinski definition) is 0. The lowest BCUT2D eigenvalue weighted by Crippen LogP contribution is -2.49. The van der Waals surface area contributed by atoms with E-state index < -0.39 is 5.97 Å². The molecule has 154 valence electrons. The van der Waals surface area contributed by atoms with Crippen LogP contribution in [0.25, 0.3) is 0 Å². The molecule has 1 heterocycles. The molecule has 6 heteroatoms. The van der Waals surface area contributed by atoms with Gasteiger partial charge in [-0.3, -0.25) is 4.79 Å². The average molecular weight is 416 g/mol. The Hall–Kier alpha value is -2.53. The number of likely N-dealkylation sites (tertiary alicyclic amines) is 1. The number of halogens is 1. The molecule has 0 spiro atoms. The van der Waals surface area contributed by atoms with Crippen LogP contribution < -0.4 is 4.74 Å². The number of nitrogens with zero attached hydrogens (tertiary/aromatic N) is 1. The minimum absolute atomic E-state index is 0.160. The van der Waals surface area contributed by atoms with Crippen molar-refractivity contribution in [3.05, 3.63) is 64.7 Å². The summed E-state index contributed by atoms with van der Waals surface area (Å²) in [6.45, 7) is 4.03. The molecule has 3 rings (SSSR count). The number of esters is 1. The highest BCUT2D eigenvalue weighted by Gasteiger charge is 2.29. The summed E-state index contributed by atoms with van der Waals surface area (Å²) in [4.78, 5) is 27.0. The van der Waals surface area contributed by atoms with Crippen LogP contribution in [0.3, 0.4) is 0 Å². The zero-order chi connectivity index (χ0) is 20.8. The van der Waals surface area contributed by atoms with Gasteiger partial charge in [0.1, 0.15) is 17.9 Å². The first-order chi connectivity index (χ1) is 14.0. The van der Waals surface area contributed by atoms with Gasteiger partial charge in [0.15, 0.2) is 6.61 Å². The van der Waals surface area contributed by atoms with E-state index in [4.69, 9.17) is 21.1 Å². The van der Waals surface area contributed by atoms with Gasteiger partial charge in [-0.1, -0.05) is 41.9 Å². The molecule has 0 unspecified atom stereocenters. The minimum atomic E-state index is -0.578. The second-order valence-corrected chi connectivity index (χ2v) is 7.79. The van der Waals surface area contributed by atoms with Crippen LogP contribution in [0, 0.1) is 0 Å². The fourth-order valence-electron chi connectivity index (χ4n) is 3.72. The maximum Gasteiger partial charge on any atom is 0.342 e. The largest absolute Gasteiger partial charge is 0.488 e. The van der Waals surface area contributed by atoms with Crippen LogP contribution >= 0.6 is 11.6 Å². The molecule has 29 heavy (non-hydrogen) atoms. The highest BCUT2D eigenvalue weighted by Crippen LogP contribution is 2.24. The smallest absolute Gasteiger partial charge is 0.342 e. The summed E-state index contributed by atoms with van der Waals surface area (Å²) in [5.74, 6) is -0.345. The van der Waals surface area contributed by atoms with E-state index >= 15 is 0 Å². The summed E-state index contributed by atoms with van der Waals surface area (Å²) >= 11 is 6.16. The first kappa shape index (κ1) is 21.2. The molecular weight excluding hydrogens is 390 g/mol. The van der Waals surface area contributed by atoms with E-state index in [0.717, 1.165) is 24.8 Å². The van der Waals surface area contributed by atoms with Crippen LogP contribution in [0.5, 0.6) is 5.75 Å². The number of ether oxygens (including phenoxy) is 2. The van der Waals surface area contributed by atoms with Gasteiger partial charge >= 0.3 is 5.97 Å².